The molecule has 0 radical (unpaired) electrons. The molecule has 0 aliphatic heterocycles. The lowest BCUT2D eigenvalue weighted by Gasteiger charge is -2.09. The van der Waals surface area contributed by atoms with Crippen LogP contribution < -0.4 is 10.1 Å². The van der Waals surface area contributed by atoms with E-state index in [1.54, 1.807) is 23.6 Å². The molecular formula is C21H16F2N4O2S. The van der Waals surface area contributed by atoms with Crippen molar-refractivity contribution < 1.29 is 18.3 Å². The Bertz CT molecular complexity index is 1170. The van der Waals surface area contributed by atoms with Gasteiger partial charge in [0.25, 0.3) is 5.91 Å². The van der Waals surface area contributed by atoms with Gasteiger partial charge in [0.05, 0.1) is 11.9 Å². The summed E-state index contributed by atoms with van der Waals surface area (Å²) in [6.07, 6.45) is 1.53. The number of aryl methyl sites for hydroxylation is 1. The Morgan fingerprint density at radius 2 is 1.77 bits per heavy atom. The molecule has 1 N–H and O–H groups in total. The van der Waals surface area contributed by atoms with E-state index in [0.29, 0.717) is 28.2 Å². The van der Waals surface area contributed by atoms with Crippen molar-refractivity contribution in [3.8, 4) is 22.1 Å². The fourth-order valence-electron chi connectivity index (χ4n) is 2.75. The van der Waals surface area contributed by atoms with Gasteiger partial charge in [0.2, 0.25) is 0 Å². The summed E-state index contributed by atoms with van der Waals surface area (Å²) in [6.45, 7) is 1.55. The first-order chi connectivity index (χ1) is 14.5. The van der Waals surface area contributed by atoms with Gasteiger partial charge in [-0.3, -0.25) is 9.36 Å². The summed E-state index contributed by atoms with van der Waals surface area (Å²) in [5, 5.41) is 5.21. The van der Waals surface area contributed by atoms with Gasteiger partial charge in [-0.2, -0.15) is 0 Å². The third-order valence-electron chi connectivity index (χ3n) is 4.21. The second-order valence-electron chi connectivity index (χ2n) is 6.34. The molecule has 1 amide bonds. The van der Waals surface area contributed by atoms with Crippen LogP contribution in [0.1, 0.15) is 5.82 Å². The number of anilines is 1. The van der Waals surface area contributed by atoms with Crippen LogP contribution in [0.3, 0.4) is 0 Å². The summed E-state index contributed by atoms with van der Waals surface area (Å²) in [5.74, 6) is 0.392. The zero-order valence-corrected chi connectivity index (χ0v) is 16.6. The van der Waals surface area contributed by atoms with Gasteiger partial charge in [0.15, 0.2) is 11.7 Å². The van der Waals surface area contributed by atoms with Crippen LogP contribution in [0, 0.1) is 18.6 Å². The molecule has 4 rings (SSSR count). The number of hydrogen-bond donors (Lipinski definition) is 1. The lowest BCUT2D eigenvalue weighted by Crippen LogP contribution is -2.21. The predicted molar refractivity (Wildman–Crippen MR) is 110 cm³/mol. The van der Waals surface area contributed by atoms with E-state index in [1.807, 2.05) is 5.38 Å². The minimum absolute atomic E-state index is 0.242. The molecule has 0 bridgehead atoms. The van der Waals surface area contributed by atoms with Crippen molar-refractivity contribution in [3.05, 3.63) is 77.6 Å². The molecule has 6 nitrogen and oxygen atoms in total. The number of carbonyl (C=O) groups excluding carboxylic acids is 1. The SMILES string of the molecule is Cc1ncc(NC(=O)COc2ccc(F)cc2)n1-c1nc(-c2ccc(F)cc2)cs1. The Morgan fingerprint density at radius 3 is 2.47 bits per heavy atom. The third kappa shape index (κ3) is 4.36. The normalized spacial score (nSPS) is 10.8. The second-order valence-corrected chi connectivity index (χ2v) is 7.18. The molecule has 0 fully saturated rings. The summed E-state index contributed by atoms with van der Waals surface area (Å²) in [6, 6.07) is 11.5. The first-order valence-corrected chi connectivity index (χ1v) is 9.82. The van der Waals surface area contributed by atoms with Gasteiger partial charge in [-0.25, -0.2) is 18.7 Å². The molecule has 2 aromatic carbocycles. The minimum atomic E-state index is -0.393. The Morgan fingerprint density at radius 1 is 1.10 bits per heavy atom. The second kappa shape index (κ2) is 8.42. The maximum Gasteiger partial charge on any atom is 0.263 e. The molecule has 0 aliphatic rings. The van der Waals surface area contributed by atoms with Gasteiger partial charge in [-0.1, -0.05) is 0 Å². The molecule has 0 atom stereocenters. The molecule has 2 aromatic heterocycles. The van der Waals surface area contributed by atoms with Crippen LogP contribution in [0.25, 0.3) is 16.4 Å². The Kier molecular flexibility index (Phi) is 5.53. The van der Waals surface area contributed by atoms with Gasteiger partial charge >= 0.3 is 0 Å². The molecule has 0 saturated carbocycles. The van der Waals surface area contributed by atoms with Crippen molar-refractivity contribution in [2.45, 2.75) is 6.92 Å². The van der Waals surface area contributed by atoms with Crippen LogP contribution in [0.5, 0.6) is 5.75 Å². The molecule has 4 aromatic rings. The van der Waals surface area contributed by atoms with Gasteiger partial charge < -0.3 is 10.1 Å². The Balaban J connectivity index is 1.48. The first-order valence-electron chi connectivity index (χ1n) is 8.94. The van der Waals surface area contributed by atoms with Gasteiger partial charge in [-0.15, -0.1) is 11.3 Å². The topological polar surface area (TPSA) is 69.0 Å². The van der Waals surface area contributed by atoms with Crippen molar-refractivity contribution in [2.24, 2.45) is 0 Å². The number of rotatable bonds is 6. The number of carbonyl (C=O) groups is 1. The highest BCUT2D eigenvalue weighted by Crippen LogP contribution is 2.27. The van der Waals surface area contributed by atoms with Crippen LogP contribution in [-0.4, -0.2) is 27.0 Å². The summed E-state index contributed by atoms with van der Waals surface area (Å²) in [7, 11) is 0. The molecule has 0 aliphatic carbocycles. The highest BCUT2D eigenvalue weighted by molar-refractivity contribution is 7.12. The first kappa shape index (κ1) is 19.7. The molecule has 0 unspecified atom stereocenters. The Hall–Kier alpha value is -3.59. The van der Waals surface area contributed by atoms with E-state index < -0.39 is 5.91 Å². The number of aromatic nitrogens is 3. The number of benzene rings is 2. The smallest absolute Gasteiger partial charge is 0.263 e. The van der Waals surface area contributed by atoms with E-state index in [4.69, 9.17) is 4.74 Å². The summed E-state index contributed by atoms with van der Waals surface area (Å²) < 4.78 is 33.2. The van der Waals surface area contributed by atoms with Gasteiger partial charge in [-0.05, 0) is 55.5 Å². The van der Waals surface area contributed by atoms with Gasteiger partial charge in [0.1, 0.15) is 29.0 Å². The van der Waals surface area contributed by atoms with Crippen molar-refractivity contribution in [1.82, 2.24) is 14.5 Å². The summed E-state index contributed by atoms with van der Waals surface area (Å²) >= 11 is 1.37. The highest BCUT2D eigenvalue weighted by atomic mass is 32.1. The zero-order valence-electron chi connectivity index (χ0n) is 15.8. The van der Waals surface area contributed by atoms with E-state index in [-0.39, 0.29) is 18.2 Å². The predicted octanol–water partition coefficient (Wildman–Crippen LogP) is 4.60. The van der Waals surface area contributed by atoms with Crippen LogP contribution >= 0.6 is 11.3 Å². The summed E-state index contributed by atoms with van der Waals surface area (Å²) in [4.78, 5) is 21.1. The third-order valence-corrected chi connectivity index (χ3v) is 5.04. The van der Waals surface area contributed by atoms with Gasteiger partial charge in [0, 0.05) is 10.9 Å². The van der Waals surface area contributed by atoms with E-state index in [9.17, 15) is 13.6 Å². The number of ether oxygens (including phenoxy) is 1. The minimum Gasteiger partial charge on any atom is -0.484 e. The monoisotopic (exact) mass is 426 g/mol. The Labute approximate surface area is 174 Å². The van der Waals surface area contributed by atoms with Crippen LogP contribution in [-0.2, 0) is 4.79 Å². The van der Waals surface area contributed by atoms with E-state index in [0.717, 1.165) is 5.56 Å². The highest BCUT2D eigenvalue weighted by Gasteiger charge is 2.15. The lowest BCUT2D eigenvalue weighted by molar-refractivity contribution is -0.118. The standard InChI is InChI=1S/C21H16F2N4O2S/c1-13-24-10-19(26-20(28)11-29-17-8-6-16(23)7-9-17)27(13)21-25-18(12-30-21)14-2-4-15(22)5-3-14/h2-10,12H,11H2,1H3,(H,26,28). The van der Waals surface area contributed by atoms with Crippen LogP contribution in [0.15, 0.2) is 60.1 Å². The number of halogens is 2. The van der Waals surface area contributed by atoms with E-state index in [2.05, 4.69) is 15.3 Å². The van der Waals surface area contributed by atoms with Crippen molar-refractivity contribution in [2.75, 3.05) is 11.9 Å². The summed E-state index contributed by atoms with van der Waals surface area (Å²) in [5.41, 5.74) is 1.48. The number of nitrogens with one attached hydrogen (secondary N) is 1. The van der Waals surface area contributed by atoms with Crippen molar-refractivity contribution in [3.63, 3.8) is 0 Å². The number of thiazole rings is 1. The molecule has 152 valence electrons. The van der Waals surface area contributed by atoms with Crippen LogP contribution in [0.4, 0.5) is 14.6 Å². The fourth-order valence-corrected chi connectivity index (χ4v) is 3.65. The lowest BCUT2D eigenvalue weighted by atomic mass is 10.2. The van der Waals surface area contributed by atoms with Crippen molar-refractivity contribution in [1.29, 1.82) is 0 Å². The quantitative estimate of drug-likeness (QED) is 0.489. The zero-order chi connectivity index (χ0) is 21.1. The molecular weight excluding hydrogens is 410 g/mol. The molecule has 0 saturated heterocycles. The van der Waals surface area contributed by atoms with E-state index >= 15 is 0 Å². The van der Waals surface area contributed by atoms with E-state index in [1.165, 1.54) is 53.9 Å². The molecule has 2 heterocycles. The molecule has 0 spiro atoms. The maximum atomic E-state index is 13.1. The van der Waals surface area contributed by atoms with Crippen LogP contribution in [0.2, 0.25) is 0 Å². The number of amides is 1. The largest absolute Gasteiger partial charge is 0.484 e. The fraction of sp³-hybridized carbons (Fsp3) is 0.0952. The molecule has 9 heteroatoms. The average molecular weight is 426 g/mol. The molecule has 30 heavy (non-hydrogen) atoms. The number of nitrogens with zero attached hydrogens (tertiary/aromatic N) is 3. The maximum absolute atomic E-state index is 13.1. The number of hydrogen-bond acceptors (Lipinski definition) is 5. The number of imidazole rings is 1. The average Bonchev–Trinajstić information content (AvgIpc) is 3.35. The van der Waals surface area contributed by atoms with Crippen molar-refractivity contribution >= 4 is 23.1 Å².